The van der Waals surface area contributed by atoms with Gasteiger partial charge >= 0.3 is 0 Å². The van der Waals surface area contributed by atoms with Crippen LogP contribution in [0.25, 0.3) is 11.3 Å². The summed E-state index contributed by atoms with van der Waals surface area (Å²) in [5, 5.41) is 3.16. The summed E-state index contributed by atoms with van der Waals surface area (Å²) >= 11 is 0. The Morgan fingerprint density at radius 2 is 1.95 bits per heavy atom. The Kier molecular flexibility index (Phi) is 4.78. The van der Waals surface area contributed by atoms with E-state index in [9.17, 15) is 0 Å². The van der Waals surface area contributed by atoms with Crippen LogP contribution in [0.1, 0.15) is 30.0 Å². The molecule has 2 aromatic rings. The predicted molar refractivity (Wildman–Crippen MR) is 87.0 cm³/mol. The minimum Gasteiger partial charge on any atom is -0.496 e. The molecule has 1 N–H and O–H groups in total. The van der Waals surface area contributed by atoms with Gasteiger partial charge in [-0.25, -0.2) is 9.97 Å². The fraction of sp³-hybridized carbons (Fsp3) is 0.412. The molecule has 1 aromatic heterocycles. The zero-order valence-corrected chi connectivity index (χ0v) is 13.4. The van der Waals surface area contributed by atoms with Crippen LogP contribution in [0.3, 0.4) is 0 Å². The molecule has 0 saturated heterocycles. The van der Waals surface area contributed by atoms with E-state index in [-0.39, 0.29) is 0 Å². The van der Waals surface area contributed by atoms with Crippen molar-refractivity contribution in [1.29, 1.82) is 0 Å². The van der Waals surface area contributed by atoms with E-state index in [0.29, 0.717) is 0 Å². The summed E-state index contributed by atoms with van der Waals surface area (Å²) in [6.45, 7) is 6.33. The lowest BCUT2D eigenvalue weighted by atomic mass is 9.97. The van der Waals surface area contributed by atoms with Gasteiger partial charge in [-0.15, -0.1) is 0 Å². The number of anilines is 1. The highest BCUT2D eigenvalue weighted by Crippen LogP contribution is 2.36. The second-order valence-corrected chi connectivity index (χ2v) is 5.14. The summed E-state index contributed by atoms with van der Waals surface area (Å²) in [6.07, 6.45) is 3.58. The molecule has 21 heavy (non-hydrogen) atoms. The van der Waals surface area contributed by atoms with E-state index in [1.165, 1.54) is 5.56 Å². The molecule has 0 spiro atoms. The second kappa shape index (κ2) is 6.57. The van der Waals surface area contributed by atoms with Crippen molar-refractivity contribution >= 4 is 5.82 Å². The molecule has 0 aliphatic rings. The molecule has 1 heterocycles. The minimum atomic E-state index is 0.891. The molecule has 4 heteroatoms. The first-order valence-electron chi connectivity index (χ1n) is 7.30. The molecule has 4 nitrogen and oxygen atoms in total. The predicted octanol–water partition coefficient (Wildman–Crippen LogP) is 3.76. The van der Waals surface area contributed by atoms with Gasteiger partial charge in [-0.05, 0) is 37.5 Å². The third-order valence-electron chi connectivity index (χ3n) is 3.82. The monoisotopic (exact) mass is 285 g/mol. The summed E-state index contributed by atoms with van der Waals surface area (Å²) in [7, 11) is 3.60. The average Bonchev–Trinajstić information content (AvgIpc) is 2.50. The lowest BCUT2D eigenvalue weighted by Crippen LogP contribution is -2.04. The number of benzene rings is 1. The van der Waals surface area contributed by atoms with Gasteiger partial charge in [0.25, 0.3) is 0 Å². The molecule has 0 unspecified atom stereocenters. The maximum atomic E-state index is 5.64. The second-order valence-electron chi connectivity index (χ2n) is 5.14. The number of rotatable bonds is 5. The Morgan fingerprint density at radius 3 is 2.57 bits per heavy atom. The van der Waals surface area contributed by atoms with Crippen LogP contribution in [0.2, 0.25) is 0 Å². The fourth-order valence-corrected chi connectivity index (χ4v) is 2.59. The van der Waals surface area contributed by atoms with Gasteiger partial charge in [0.1, 0.15) is 17.9 Å². The number of hydrogen-bond acceptors (Lipinski definition) is 4. The van der Waals surface area contributed by atoms with Crippen molar-refractivity contribution in [2.75, 3.05) is 19.5 Å². The highest BCUT2D eigenvalue weighted by molar-refractivity contribution is 5.75. The molecule has 112 valence electrons. The van der Waals surface area contributed by atoms with Gasteiger partial charge < -0.3 is 10.1 Å². The molecule has 0 aliphatic carbocycles. The lowest BCUT2D eigenvalue weighted by molar-refractivity contribution is 0.413. The topological polar surface area (TPSA) is 47.0 Å². The third-order valence-corrected chi connectivity index (χ3v) is 3.82. The quantitative estimate of drug-likeness (QED) is 0.908. The van der Waals surface area contributed by atoms with Gasteiger partial charge in [0, 0.05) is 18.2 Å². The van der Waals surface area contributed by atoms with E-state index in [1.807, 2.05) is 7.05 Å². The first-order chi connectivity index (χ1) is 10.1. The van der Waals surface area contributed by atoms with Crippen LogP contribution in [0.4, 0.5) is 5.82 Å². The summed E-state index contributed by atoms with van der Waals surface area (Å²) < 4.78 is 5.64. The molecule has 0 atom stereocenters. The van der Waals surface area contributed by atoms with E-state index in [2.05, 4.69) is 48.2 Å². The number of methoxy groups -OCH3 is 1. The van der Waals surface area contributed by atoms with Crippen LogP contribution in [0.15, 0.2) is 18.5 Å². The van der Waals surface area contributed by atoms with Gasteiger partial charge in [-0.2, -0.15) is 0 Å². The zero-order chi connectivity index (χ0) is 15.4. The molecule has 0 amide bonds. The van der Waals surface area contributed by atoms with Crippen molar-refractivity contribution in [2.45, 2.75) is 33.6 Å². The molecule has 0 bridgehead atoms. The standard InChI is InChI=1S/C17H23N3O/c1-6-7-14-15(19-10-20-17(14)18-4)13-9-8-11(2)12(3)16(13)21-5/h8-10H,6-7H2,1-5H3,(H,18,19,20). The number of aryl methyl sites for hydroxylation is 1. The first-order valence-corrected chi connectivity index (χ1v) is 7.30. The minimum absolute atomic E-state index is 0.891. The molecule has 0 saturated carbocycles. The van der Waals surface area contributed by atoms with E-state index >= 15 is 0 Å². The van der Waals surface area contributed by atoms with Crippen molar-refractivity contribution in [3.05, 3.63) is 35.2 Å². The largest absolute Gasteiger partial charge is 0.496 e. The van der Waals surface area contributed by atoms with Crippen LogP contribution in [-0.4, -0.2) is 24.1 Å². The smallest absolute Gasteiger partial charge is 0.132 e. The summed E-state index contributed by atoms with van der Waals surface area (Å²) in [5.74, 6) is 1.79. The van der Waals surface area contributed by atoms with Crippen LogP contribution in [0.5, 0.6) is 5.75 Å². The first kappa shape index (κ1) is 15.3. The number of nitrogens with one attached hydrogen (secondary N) is 1. The Morgan fingerprint density at radius 1 is 1.19 bits per heavy atom. The average molecular weight is 285 g/mol. The molecule has 1 aromatic carbocycles. The molecule has 0 fully saturated rings. The van der Waals surface area contributed by atoms with Crippen LogP contribution in [0, 0.1) is 13.8 Å². The lowest BCUT2D eigenvalue weighted by Gasteiger charge is -2.17. The Balaban J connectivity index is 2.69. The van der Waals surface area contributed by atoms with Crippen molar-refractivity contribution in [1.82, 2.24) is 9.97 Å². The number of hydrogen-bond donors (Lipinski definition) is 1. The van der Waals surface area contributed by atoms with E-state index in [4.69, 9.17) is 4.74 Å². The number of ether oxygens (including phenoxy) is 1. The molecular formula is C17H23N3O. The van der Waals surface area contributed by atoms with Gasteiger partial charge in [-0.1, -0.05) is 19.4 Å². The van der Waals surface area contributed by atoms with Gasteiger partial charge in [0.2, 0.25) is 0 Å². The van der Waals surface area contributed by atoms with Crippen LogP contribution in [-0.2, 0) is 6.42 Å². The highest BCUT2D eigenvalue weighted by atomic mass is 16.5. The van der Waals surface area contributed by atoms with Gasteiger partial charge in [0.05, 0.1) is 12.8 Å². The molecular weight excluding hydrogens is 262 g/mol. The number of aromatic nitrogens is 2. The molecule has 0 radical (unpaired) electrons. The molecule has 0 aliphatic heterocycles. The maximum absolute atomic E-state index is 5.64. The van der Waals surface area contributed by atoms with E-state index in [0.717, 1.165) is 46.8 Å². The Hall–Kier alpha value is -2.10. The summed E-state index contributed by atoms with van der Waals surface area (Å²) in [6, 6.07) is 4.20. The van der Waals surface area contributed by atoms with Gasteiger partial charge in [0.15, 0.2) is 0 Å². The van der Waals surface area contributed by atoms with Gasteiger partial charge in [-0.3, -0.25) is 0 Å². The molecule has 2 rings (SSSR count). The van der Waals surface area contributed by atoms with Crippen LogP contribution >= 0.6 is 0 Å². The SMILES string of the molecule is CCCc1c(NC)ncnc1-c1ccc(C)c(C)c1OC. The fourth-order valence-electron chi connectivity index (χ4n) is 2.59. The zero-order valence-electron chi connectivity index (χ0n) is 13.4. The van der Waals surface area contributed by atoms with Crippen LogP contribution < -0.4 is 10.1 Å². The highest BCUT2D eigenvalue weighted by Gasteiger charge is 2.17. The summed E-state index contributed by atoms with van der Waals surface area (Å²) in [4.78, 5) is 8.86. The van der Waals surface area contributed by atoms with Crippen molar-refractivity contribution in [2.24, 2.45) is 0 Å². The Labute approximate surface area is 126 Å². The van der Waals surface area contributed by atoms with Crippen molar-refractivity contribution in [3.8, 4) is 17.0 Å². The third kappa shape index (κ3) is 2.84. The Bertz CT molecular complexity index is 638. The maximum Gasteiger partial charge on any atom is 0.132 e. The van der Waals surface area contributed by atoms with E-state index < -0.39 is 0 Å². The van der Waals surface area contributed by atoms with Crippen molar-refractivity contribution < 1.29 is 4.74 Å². The normalized spacial score (nSPS) is 10.5. The summed E-state index contributed by atoms with van der Waals surface area (Å²) in [5.41, 5.74) is 5.50. The van der Waals surface area contributed by atoms with Crippen molar-refractivity contribution in [3.63, 3.8) is 0 Å². The van der Waals surface area contributed by atoms with E-state index in [1.54, 1.807) is 13.4 Å². The number of nitrogens with zero attached hydrogens (tertiary/aromatic N) is 2.